The maximum absolute atomic E-state index is 13.9. The standard InChI is InChI=1S/C25H10F22N2O3/c26-14(18(30,31)20(34,35)22(38,39)24(42,43)44)16(28)51-11-3-1-7(5-9(11)48)13(50)8-2-4-12(10(49)6-8)52-17(29)15(27)19(32,33)21(36,37)23(40,41)25(45,46)47/h1-6H,48-49H2. The zero-order valence-electron chi connectivity index (χ0n) is 23.7. The lowest BCUT2D eigenvalue weighted by Gasteiger charge is -2.32. The van der Waals surface area contributed by atoms with Crippen molar-refractivity contribution in [1.29, 1.82) is 0 Å². The van der Waals surface area contributed by atoms with Crippen molar-refractivity contribution in [3.63, 3.8) is 0 Å². The topological polar surface area (TPSA) is 87.6 Å². The van der Waals surface area contributed by atoms with Gasteiger partial charge >= 0.3 is 59.9 Å². The average Bonchev–Trinajstić information content (AvgIpc) is 3.00. The first kappa shape index (κ1) is 43.4. The molecule has 0 aromatic heterocycles. The number of allylic oxidation sites excluding steroid dienone is 2. The molecule has 0 aliphatic rings. The van der Waals surface area contributed by atoms with Crippen molar-refractivity contribution in [3.8, 4) is 11.5 Å². The van der Waals surface area contributed by atoms with Crippen molar-refractivity contribution in [2.24, 2.45) is 0 Å². The summed E-state index contributed by atoms with van der Waals surface area (Å²) in [4.78, 5) is 12.7. The summed E-state index contributed by atoms with van der Waals surface area (Å²) in [5.41, 5.74) is 6.94. The van der Waals surface area contributed by atoms with E-state index in [1.165, 1.54) is 0 Å². The van der Waals surface area contributed by atoms with E-state index < -0.39 is 111 Å². The summed E-state index contributed by atoms with van der Waals surface area (Å²) in [6, 6.07) is -4.84. The Kier molecular flexibility index (Phi) is 11.1. The van der Waals surface area contributed by atoms with Gasteiger partial charge in [0, 0.05) is 11.1 Å². The van der Waals surface area contributed by atoms with E-state index >= 15 is 0 Å². The van der Waals surface area contributed by atoms with E-state index in [1.807, 2.05) is 0 Å². The number of rotatable bonds is 12. The molecular formula is C25H10F22N2O3. The first-order valence-corrected chi connectivity index (χ1v) is 12.2. The molecule has 0 atom stereocenters. The van der Waals surface area contributed by atoms with Gasteiger partial charge in [-0.05, 0) is 36.4 Å². The third-order valence-electron chi connectivity index (χ3n) is 6.13. The minimum atomic E-state index is -7.64. The van der Waals surface area contributed by atoms with Gasteiger partial charge in [0.15, 0.2) is 17.3 Å². The third kappa shape index (κ3) is 7.16. The van der Waals surface area contributed by atoms with Crippen LogP contribution in [0.25, 0.3) is 0 Å². The molecule has 2 aromatic rings. The Balaban J connectivity index is 2.37. The molecular weight excluding hydrogens is 794 g/mol. The van der Waals surface area contributed by atoms with Crippen molar-refractivity contribution in [2.45, 2.75) is 47.9 Å². The molecule has 4 N–H and O–H groups in total. The van der Waals surface area contributed by atoms with Crippen LogP contribution < -0.4 is 20.9 Å². The van der Waals surface area contributed by atoms with Crippen LogP contribution in [0.3, 0.4) is 0 Å². The summed E-state index contributed by atoms with van der Waals surface area (Å²) in [6.07, 6.45) is -14.8. The number of nitrogen functional groups attached to an aromatic ring is 2. The van der Waals surface area contributed by atoms with E-state index in [0.29, 0.717) is 24.3 Å². The minimum Gasteiger partial charge on any atom is -0.427 e. The van der Waals surface area contributed by atoms with Crippen LogP contribution in [0.5, 0.6) is 11.5 Å². The number of anilines is 2. The normalized spacial score (nSPS) is 15.2. The molecule has 0 aliphatic carbocycles. The highest BCUT2D eigenvalue weighted by Crippen LogP contribution is 2.57. The molecule has 0 spiro atoms. The van der Waals surface area contributed by atoms with Gasteiger partial charge in [0.05, 0.1) is 11.4 Å². The molecule has 0 radical (unpaired) electrons. The van der Waals surface area contributed by atoms with Gasteiger partial charge in [0.1, 0.15) is 0 Å². The van der Waals surface area contributed by atoms with Gasteiger partial charge in [-0.25, -0.2) is 0 Å². The zero-order chi connectivity index (χ0) is 41.0. The van der Waals surface area contributed by atoms with E-state index in [0.717, 1.165) is 0 Å². The number of hydrogen-bond donors (Lipinski definition) is 2. The molecule has 0 saturated heterocycles. The largest absolute Gasteiger partial charge is 0.460 e. The van der Waals surface area contributed by atoms with Crippen LogP contribution in [-0.2, 0) is 0 Å². The van der Waals surface area contributed by atoms with Gasteiger partial charge in [-0.2, -0.15) is 96.6 Å². The van der Waals surface area contributed by atoms with Crippen molar-refractivity contribution < 1.29 is 111 Å². The number of nitrogens with two attached hydrogens (primary N) is 2. The molecule has 5 nitrogen and oxygen atoms in total. The van der Waals surface area contributed by atoms with Crippen molar-refractivity contribution in [1.82, 2.24) is 0 Å². The Hall–Kier alpha value is -4.75. The van der Waals surface area contributed by atoms with Crippen LogP contribution in [0, 0.1) is 0 Å². The lowest BCUT2D eigenvalue weighted by Crippen LogP contribution is -2.61. The van der Waals surface area contributed by atoms with Gasteiger partial charge in [0.25, 0.3) is 0 Å². The van der Waals surface area contributed by atoms with Crippen LogP contribution in [0.1, 0.15) is 15.9 Å². The average molecular weight is 804 g/mol. The lowest BCUT2D eigenvalue weighted by atomic mass is 10.0. The van der Waals surface area contributed by atoms with Crippen molar-refractivity contribution in [2.75, 3.05) is 11.5 Å². The van der Waals surface area contributed by atoms with E-state index in [-0.39, 0.29) is 12.1 Å². The smallest absolute Gasteiger partial charge is 0.427 e. The molecule has 0 heterocycles. The fourth-order valence-corrected chi connectivity index (χ4v) is 3.29. The van der Waals surface area contributed by atoms with Gasteiger partial charge in [-0.1, -0.05) is 0 Å². The molecule has 0 fully saturated rings. The van der Waals surface area contributed by atoms with E-state index in [4.69, 9.17) is 11.5 Å². The summed E-state index contributed by atoms with van der Waals surface area (Å²) in [5.74, 6) is -57.6. The maximum atomic E-state index is 13.9. The fraction of sp³-hybridized carbons (Fsp3) is 0.320. The van der Waals surface area contributed by atoms with Gasteiger partial charge in [0.2, 0.25) is 11.7 Å². The fourth-order valence-electron chi connectivity index (χ4n) is 3.29. The number of carbonyl (C=O) groups is 1. The number of benzene rings is 2. The molecule has 52 heavy (non-hydrogen) atoms. The molecule has 0 aliphatic heterocycles. The SMILES string of the molecule is Nc1cc(C(=O)c2ccc(OC(F)=C(F)C(F)(F)C(F)(F)C(F)(F)C(F)(F)F)c(N)c2)ccc1OC(F)=C(F)C(F)(F)C(F)(F)C(F)(F)C(F)(F)F. The highest BCUT2D eigenvalue weighted by atomic mass is 19.4. The predicted octanol–water partition coefficient (Wildman–Crippen LogP) is 9.99. The minimum absolute atomic E-state index is 0.262. The molecule has 0 bridgehead atoms. The summed E-state index contributed by atoms with van der Waals surface area (Å²) in [5, 5.41) is 0. The Morgan fingerprint density at radius 3 is 0.962 bits per heavy atom. The maximum Gasteiger partial charge on any atom is 0.460 e. The Bertz CT molecular complexity index is 1630. The molecule has 2 rings (SSSR count). The van der Waals surface area contributed by atoms with E-state index in [2.05, 4.69) is 9.47 Å². The first-order chi connectivity index (χ1) is 23.0. The molecule has 0 unspecified atom stereocenters. The first-order valence-electron chi connectivity index (χ1n) is 12.2. The summed E-state index contributed by atoms with van der Waals surface area (Å²) in [7, 11) is 0. The van der Waals surface area contributed by atoms with Crippen molar-refractivity contribution in [3.05, 3.63) is 71.2 Å². The van der Waals surface area contributed by atoms with Crippen LogP contribution in [0.15, 0.2) is 60.1 Å². The van der Waals surface area contributed by atoms with Gasteiger partial charge in [-0.3, -0.25) is 4.79 Å². The zero-order valence-corrected chi connectivity index (χ0v) is 23.7. The number of ketones is 1. The molecule has 0 saturated carbocycles. The Labute approximate surface area is 271 Å². The highest BCUT2D eigenvalue weighted by molar-refractivity contribution is 6.10. The number of alkyl halides is 18. The van der Waals surface area contributed by atoms with E-state index in [1.54, 1.807) is 0 Å². The molecule has 292 valence electrons. The number of hydrogen-bond acceptors (Lipinski definition) is 5. The monoisotopic (exact) mass is 804 g/mol. The second-order valence-electron chi connectivity index (χ2n) is 9.66. The third-order valence-corrected chi connectivity index (χ3v) is 6.13. The van der Waals surface area contributed by atoms with Gasteiger partial charge < -0.3 is 20.9 Å². The van der Waals surface area contributed by atoms with Gasteiger partial charge in [-0.15, -0.1) is 0 Å². The number of halogens is 22. The Morgan fingerprint density at radius 2 is 0.731 bits per heavy atom. The molecule has 27 heteroatoms. The van der Waals surface area contributed by atoms with Crippen LogP contribution in [0.4, 0.5) is 108 Å². The number of ether oxygens (including phenoxy) is 2. The summed E-state index contributed by atoms with van der Waals surface area (Å²) in [6.45, 7) is 0. The highest BCUT2D eigenvalue weighted by Gasteiger charge is 2.84. The molecule has 2 aromatic carbocycles. The van der Waals surface area contributed by atoms with Crippen LogP contribution >= 0.6 is 0 Å². The van der Waals surface area contributed by atoms with Crippen LogP contribution in [-0.4, -0.2) is 53.7 Å². The van der Waals surface area contributed by atoms with Crippen LogP contribution in [0.2, 0.25) is 0 Å². The summed E-state index contributed by atoms with van der Waals surface area (Å²) < 4.78 is 296. The molecule has 0 amide bonds. The predicted molar refractivity (Wildman–Crippen MR) is 127 cm³/mol. The second-order valence-corrected chi connectivity index (χ2v) is 9.66. The van der Waals surface area contributed by atoms with Crippen molar-refractivity contribution >= 4 is 17.2 Å². The van der Waals surface area contributed by atoms with E-state index in [9.17, 15) is 101 Å². The Morgan fingerprint density at radius 1 is 0.462 bits per heavy atom. The summed E-state index contributed by atoms with van der Waals surface area (Å²) >= 11 is 0. The number of carbonyl (C=O) groups excluding carboxylic acids is 1. The second kappa shape index (κ2) is 13.3. The quantitative estimate of drug-likeness (QED) is 0.0966. The lowest BCUT2D eigenvalue weighted by molar-refractivity contribution is -0.392.